The zero-order chi connectivity index (χ0) is 20.6. The number of hydrogen-bond donors (Lipinski definition) is 0. The van der Waals surface area contributed by atoms with Gasteiger partial charge in [-0.1, -0.05) is 61.3 Å². The maximum atomic E-state index is 6.89. The van der Waals surface area contributed by atoms with E-state index >= 15 is 0 Å². The summed E-state index contributed by atoms with van der Waals surface area (Å²) < 4.78 is 20.4. The predicted octanol–water partition coefficient (Wildman–Crippen LogP) is 6.52. The van der Waals surface area contributed by atoms with E-state index in [1.54, 1.807) is 0 Å². The first-order valence-corrected chi connectivity index (χ1v) is 11.0. The molecule has 4 fully saturated rings. The predicted molar refractivity (Wildman–Crippen MR) is 114 cm³/mol. The first kappa shape index (κ1) is 19.8. The standard InChI is InChI=1S/C24H26Cl2O3/c1-14(2)19-13-23(15-5-9-17(25)10-6-15)27-21-20(19)24(29-23,28-22(21,3)4)16-7-11-18(26)12-8-16/h5-12,14,19-21H,13H2,1-4H3. The third-order valence-electron chi connectivity index (χ3n) is 6.85. The molecule has 5 heteroatoms. The lowest BCUT2D eigenvalue weighted by atomic mass is 9.65. The first-order valence-electron chi connectivity index (χ1n) is 10.3. The van der Waals surface area contributed by atoms with Crippen molar-refractivity contribution >= 4 is 23.2 Å². The van der Waals surface area contributed by atoms with E-state index in [-0.39, 0.29) is 12.0 Å². The largest absolute Gasteiger partial charge is 0.339 e. The Morgan fingerprint density at radius 3 is 1.97 bits per heavy atom. The minimum Gasteiger partial charge on any atom is -0.339 e. The SMILES string of the molecule is CC(C)C1CC2(c3ccc(Cl)cc3)OC3C1C(c1ccc(Cl)cc1)(O2)OC3(C)C. The third-order valence-corrected chi connectivity index (χ3v) is 7.36. The Balaban J connectivity index is 1.72. The maximum absolute atomic E-state index is 6.89. The second kappa shape index (κ2) is 6.45. The molecule has 3 nitrogen and oxygen atoms in total. The summed E-state index contributed by atoms with van der Waals surface area (Å²) in [7, 11) is 0. The molecule has 5 unspecified atom stereocenters. The molecule has 4 aliphatic rings. The zero-order valence-electron chi connectivity index (χ0n) is 17.1. The van der Waals surface area contributed by atoms with E-state index in [0.29, 0.717) is 21.9 Å². The average molecular weight is 433 g/mol. The lowest BCUT2D eigenvalue weighted by Crippen LogP contribution is -2.63. The highest BCUT2D eigenvalue weighted by molar-refractivity contribution is 6.30. The average Bonchev–Trinajstić information content (AvgIpc) is 2.85. The number of hydrogen-bond acceptors (Lipinski definition) is 3. The Kier molecular flexibility index (Phi) is 4.41. The van der Waals surface area contributed by atoms with Crippen molar-refractivity contribution in [1.82, 2.24) is 0 Å². The van der Waals surface area contributed by atoms with Gasteiger partial charge in [-0.05, 0) is 49.9 Å². The van der Waals surface area contributed by atoms with Crippen LogP contribution in [0, 0.1) is 17.8 Å². The fourth-order valence-electron chi connectivity index (χ4n) is 5.55. The molecular formula is C24H26Cl2O3. The Morgan fingerprint density at radius 1 is 0.862 bits per heavy atom. The Bertz CT molecular complexity index is 924. The van der Waals surface area contributed by atoms with Crippen LogP contribution in [0.5, 0.6) is 0 Å². The van der Waals surface area contributed by atoms with Crippen LogP contribution in [0.4, 0.5) is 0 Å². The summed E-state index contributed by atoms with van der Waals surface area (Å²) in [5, 5.41) is 1.39. The van der Waals surface area contributed by atoms with Gasteiger partial charge in [0.2, 0.25) is 5.79 Å². The summed E-state index contributed by atoms with van der Waals surface area (Å²) in [5.74, 6) is -0.787. The minimum atomic E-state index is -0.871. The molecule has 154 valence electrons. The number of ether oxygens (including phenoxy) is 3. The lowest BCUT2D eigenvalue weighted by molar-refractivity contribution is -0.447. The van der Waals surface area contributed by atoms with E-state index in [2.05, 4.69) is 27.7 Å². The second-order valence-electron chi connectivity index (χ2n) is 9.42. The van der Waals surface area contributed by atoms with Crippen LogP contribution in [0.25, 0.3) is 0 Å². The van der Waals surface area contributed by atoms with Gasteiger partial charge in [0.05, 0.1) is 17.6 Å². The van der Waals surface area contributed by atoms with Crippen molar-refractivity contribution in [2.75, 3.05) is 0 Å². The molecule has 6 rings (SSSR count). The van der Waals surface area contributed by atoms with E-state index in [4.69, 9.17) is 37.4 Å². The van der Waals surface area contributed by atoms with E-state index in [0.717, 1.165) is 17.5 Å². The van der Waals surface area contributed by atoms with E-state index < -0.39 is 17.2 Å². The number of halogens is 2. The molecule has 0 N–H and O–H groups in total. The first-order chi connectivity index (χ1) is 13.7. The summed E-state index contributed by atoms with van der Waals surface area (Å²) >= 11 is 12.3. The van der Waals surface area contributed by atoms with Crippen LogP contribution in [0.1, 0.15) is 45.2 Å². The van der Waals surface area contributed by atoms with Gasteiger partial charge in [0.15, 0.2) is 5.79 Å². The molecular weight excluding hydrogens is 407 g/mol. The topological polar surface area (TPSA) is 27.7 Å². The maximum Gasteiger partial charge on any atom is 0.204 e. The molecule has 0 aliphatic carbocycles. The van der Waals surface area contributed by atoms with Gasteiger partial charge in [0.25, 0.3) is 0 Å². The monoisotopic (exact) mass is 432 g/mol. The summed E-state index contributed by atoms with van der Waals surface area (Å²) in [6.07, 6.45) is 0.714. The molecule has 0 spiro atoms. The minimum absolute atomic E-state index is 0.0799. The molecule has 29 heavy (non-hydrogen) atoms. The molecule has 0 aromatic heterocycles. The summed E-state index contributed by atoms with van der Waals surface area (Å²) in [4.78, 5) is 0. The van der Waals surface area contributed by atoms with Crippen LogP contribution in [0.2, 0.25) is 10.0 Å². The van der Waals surface area contributed by atoms with Crippen molar-refractivity contribution in [3.8, 4) is 0 Å². The van der Waals surface area contributed by atoms with Crippen molar-refractivity contribution in [3.05, 3.63) is 69.7 Å². The molecule has 5 atom stereocenters. The number of fused-ring (bicyclic) bond motifs is 1. The van der Waals surface area contributed by atoms with Crippen LogP contribution in [0.3, 0.4) is 0 Å². The Hall–Kier alpha value is -1.10. The normalized spacial score (nSPS) is 37.3. The van der Waals surface area contributed by atoms with Gasteiger partial charge in [-0.2, -0.15) is 0 Å². The third kappa shape index (κ3) is 2.82. The van der Waals surface area contributed by atoms with E-state index in [9.17, 15) is 0 Å². The van der Waals surface area contributed by atoms with Gasteiger partial charge in [-0.25, -0.2) is 0 Å². The number of benzene rings is 2. The molecule has 4 aliphatic heterocycles. The fraction of sp³-hybridized carbons (Fsp3) is 0.500. The van der Waals surface area contributed by atoms with Crippen LogP contribution < -0.4 is 0 Å². The highest BCUT2D eigenvalue weighted by Crippen LogP contribution is 2.68. The smallest absolute Gasteiger partial charge is 0.204 e. The second-order valence-corrected chi connectivity index (χ2v) is 10.3. The lowest BCUT2D eigenvalue weighted by Gasteiger charge is -2.58. The molecule has 4 saturated heterocycles. The molecule has 2 aromatic carbocycles. The van der Waals surface area contributed by atoms with Crippen molar-refractivity contribution in [2.24, 2.45) is 17.8 Å². The van der Waals surface area contributed by atoms with Crippen LogP contribution in [-0.2, 0) is 25.8 Å². The highest BCUT2D eigenvalue weighted by Gasteiger charge is 2.74. The zero-order valence-corrected chi connectivity index (χ0v) is 18.6. The summed E-state index contributed by atoms with van der Waals surface area (Å²) in [6, 6.07) is 15.7. The fourth-order valence-corrected chi connectivity index (χ4v) is 5.80. The van der Waals surface area contributed by atoms with Crippen molar-refractivity contribution in [1.29, 1.82) is 0 Å². The van der Waals surface area contributed by atoms with Gasteiger partial charge in [0, 0.05) is 27.6 Å². The van der Waals surface area contributed by atoms with Crippen LogP contribution in [-0.4, -0.2) is 11.7 Å². The Morgan fingerprint density at radius 2 is 1.41 bits per heavy atom. The van der Waals surface area contributed by atoms with Gasteiger partial charge < -0.3 is 14.2 Å². The van der Waals surface area contributed by atoms with Gasteiger partial charge >= 0.3 is 0 Å². The highest BCUT2D eigenvalue weighted by atomic mass is 35.5. The van der Waals surface area contributed by atoms with Crippen LogP contribution >= 0.6 is 23.2 Å². The number of rotatable bonds is 3. The van der Waals surface area contributed by atoms with Gasteiger partial charge in [-0.15, -0.1) is 0 Å². The molecule has 4 bridgehead atoms. The van der Waals surface area contributed by atoms with Crippen LogP contribution in [0.15, 0.2) is 48.5 Å². The van der Waals surface area contributed by atoms with E-state index in [1.165, 1.54) is 0 Å². The van der Waals surface area contributed by atoms with Crippen molar-refractivity contribution in [3.63, 3.8) is 0 Å². The molecule has 2 aromatic rings. The van der Waals surface area contributed by atoms with Gasteiger partial charge in [0.1, 0.15) is 0 Å². The van der Waals surface area contributed by atoms with E-state index in [1.807, 2.05) is 48.5 Å². The molecule has 0 radical (unpaired) electrons. The van der Waals surface area contributed by atoms with Crippen molar-refractivity contribution in [2.45, 2.75) is 57.4 Å². The van der Waals surface area contributed by atoms with Crippen molar-refractivity contribution < 1.29 is 14.2 Å². The molecule has 4 heterocycles. The summed E-state index contributed by atoms with van der Waals surface area (Å²) in [5.41, 5.74) is 1.50. The summed E-state index contributed by atoms with van der Waals surface area (Å²) in [6.45, 7) is 8.77. The molecule has 0 saturated carbocycles. The molecule has 0 amide bonds. The van der Waals surface area contributed by atoms with Gasteiger partial charge in [-0.3, -0.25) is 0 Å². The Labute approximate surface area is 182 Å². The quantitative estimate of drug-likeness (QED) is 0.552.